The second kappa shape index (κ2) is 15.0. The van der Waals surface area contributed by atoms with Gasteiger partial charge in [0.15, 0.2) is 0 Å². The molecular formula is C33H43F2N3O3. The number of hydrogen-bond acceptors (Lipinski definition) is 4. The smallest absolute Gasteiger partial charge is 0.244 e. The van der Waals surface area contributed by atoms with E-state index in [-0.39, 0.29) is 30.9 Å². The fourth-order valence-corrected chi connectivity index (χ4v) is 5.90. The maximum absolute atomic E-state index is 14.5. The zero-order valence-corrected chi connectivity index (χ0v) is 24.3. The highest BCUT2D eigenvalue weighted by molar-refractivity contribution is 5.96. The number of amides is 2. The van der Waals surface area contributed by atoms with Gasteiger partial charge in [0.1, 0.15) is 11.6 Å². The highest BCUT2D eigenvalue weighted by Gasteiger charge is 2.50. The maximum atomic E-state index is 14.5. The molecular weight excluding hydrogens is 524 g/mol. The van der Waals surface area contributed by atoms with Crippen molar-refractivity contribution in [3.8, 4) is 0 Å². The quantitative estimate of drug-likeness (QED) is 0.272. The standard InChI is InChI=1S/C33H43F2N3O3/c1-4-13-38(14-5-2)32(41)33(20-23(3)15-26(21-33)31(36)40)29(18-25-16-27(34)19-28(35)17-25)30(39)22-37-12-11-24-9-7-6-8-10-24/h6-10,15-17,19-20,29-30,37,39H,4-5,11-14,18,21-22H2,1-3H3,(H2,36,40)/t29-,30+,33?/m1/s1. The number of carbonyl (C=O) groups is 2. The first-order valence-electron chi connectivity index (χ1n) is 14.5. The van der Waals surface area contributed by atoms with E-state index in [1.54, 1.807) is 17.9 Å². The Kier molecular flexibility index (Phi) is 11.8. The summed E-state index contributed by atoms with van der Waals surface area (Å²) in [5.41, 5.74) is 6.80. The van der Waals surface area contributed by atoms with Crippen LogP contribution in [0.25, 0.3) is 0 Å². The zero-order valence-electron chi connectivity index (χ0n) is 24.3. The molecule has 0 spiro atoms. The lowest BCUT2D eigenvalue weighted by atomic mass is 9.63. The summed E-state index contributed by atoms with van der Waals surface area (Å²) in [6.45, 7) is 7.50. The predicted octanol–water partition coefficient (Wildman–Crippen LogP) is 4.71. The summed E-state index contributed by atoms with van der Waals surface area (Å²) in [7, 11) is 0. The van der Waals surface area contributed by atoms with Gasteiger partial charge in [-0.1, -0.05) is 61.9 Å². The van der Waals surface area contributed by atoms with E-state index in [1.165, 1.54) is 12.1 Å². The maximum Gasteiger partial charge on any atom is 0.244 e. The third-order valence-corrected chi connectivity index (χ3v) is 7.65. The van der Waals surface area contributed by atoms with Crippen LogP contribution >= 0.6 is 0 Å². The second-order valence-electron chi connectivity index (χ2n) is 11.0. The Bertz CT molecular complexity index is 1220. The molecule has 6 nitrogen and oxygen atoms in total. The predicted molar refractivity (Wildman–Crippen MR) is 158 cm³/mol. The van der Waals surface area contributed by atoms with Gasteiger partial charge in [0.05, 0.1) is 11.5 Å². The molecule has 1 aliphatic carbocycles. The summed E-state index contributed by atoms with van der Waals surface area (Å²) >= 11 is 0. The van der Waals surface area contributed by atoms with Crippen molar-refractivity contribution in [1.82, 2.24) is 10.2 Å². The monoisotopic (exact) mass is 567 g/mol. The van der Waals surface area contributed by atoms with Gasteiger partial charge in [0.25, 0.3) is 0 Å². The van der Waals surface area contributed by atoms with Gasteiger partial charge >= 0.3 is 0 Å². The van der Waals surface area contributed by atoms with Gasteiger partial charge in [-0.05, 0) is 68.8 Å². The van der Waals surface area contributed by atoms with Crippen LogP contribution in [-0.4, -0.2) is 54.1 Å². The van der Waals surface area contributed by atoms with E-state index in [1.807, 2.05) is 50.3 Å². The minimum atomic E-state index is -1.35. The van der Waals surface area contributed by atoms with Gasteiger partial charge in [0, 0.05) is 37.2 Å². The minimum absolute atomic E-state index is 0.00796. The molecule has 222 valence electrons. The number of aliphatic hydroxyl groups is 1. The van der Waals surface area contributed by atoms with Crippen molar-refractivity contribution in [3.63, 3.8) is 0 Å². The fourth-order valence-electron chi connectivity index (χ4n) is 5.90. The van der Waals surface area contributed by atoms with Crippen LogP contribution in [0.2, 0.25) is 0 Å². The van der Waals surface area contributed by atoms with Crippen molar-refractivity contribution >= 4 is 11.8 Å². The molecule has 0 aliphatic heterocycles. The first-order chi connectivity index (χ1) is 19.6. The number of rotatable bonds is 15. The molecule has 0 bridgehead atoms. The molecule has 3 rings (SSSR count). The summed E-state index contributed by atoms with van der Waals surface area (Å²) in [6.07, 6.45) is 4.61. The summed E-state index contributed by atoms with van der Waals surface area (Å²) in [5.74, 6) is -3.15. The average molecular weight is 568 g/mol. The third-order valence-electron chi connectivity index (χ3n) is 7.65. The number of nitrogens with one attached hydrogen (secondary N) is 1. The molecule has 0 saturated carbocycles. The van der Waals surface area contributed by atoms with Crippen molar-refractivity contribution in [2.24, 2.45) is 17.1 Å². The Labute approximate surface area is 242 Å². The lowest BCUT2D eigenvalue weighted by Crippen LogP contribution is -2.54. The van der Waals surface area contributed by atoms with E-state index >= 15 is 0 Å². The van der Waals surface area contributed by atoms with Gasteiger partial charge in [-0.3, -0.25) is 9.59 Å². The van der Waals surface area contributed by atoms with E-state index in [0.29, 0.717) is 30.8 Å². The second-order valence-corrected chi connectivity index (χ2v) is 11.0. The zero-order chi connectivity index (χ0) is 30.0. The van der Waals surface area contributed by atoms with E-state index in [0.717, 1.165) is 30.9 Å². The first-order valence-corrected chi connectivity index (χ1v) is 14.5. The molecule has 1 unspecified atom stereocenters. The van der Waals surface area contributed by atoms with Crippen LogP contribution in [0, 0.1) is 23.0 Å². The molecule has 2 aromatic rings. The minimum Gasteiger partial charge on any atom is -0.391 e. The number of halogens is 2. The molecule has 4 N–H and O–H groups in total. The lowest BCUT2D eigenvalue weighted by molar-refractivity contribution is -0.145. The largest absolute Gasteiger partial charge is 0.391 e. The highest BCUT2D eigenvalue weighted by Crippen LogP contribution is 2.45. The normalized spacial score (nSPS) is 18.3. The van der Waals surface area contributed by atoms with Crippen LogP contribution in [0.1, 0.15) is 51.2 Å². The number of aliphatic hydroxyl groups excluding tert-OH is 1. The number of carbonyl (C=O) groups excluding carboxylic acids is 2. The van der Waals surface area contributed by atoms with Gasteiger partial charge in [-0.25, -0.2) is 8.78 Å². The SMILES string of the molecule is CCCN(CCC)C(=O)C1([C@H](Cc2cc(F)cc(F)c2)[C@@H](O)CNCCc2ccccc2)C=C(C)C=C(C(N)=O)C1. The van der Waals surface area contributed by atoms with E-state index in [2.05, 4.69) is 5.32 Å². The molecule has 1 aliphatic rings. The van der Waals surface area contributed by atoms with E-state index < -0.39 is 35.0 Å². The molecule has 41 heavy (non-hydrogen) atoms. The molecule has 3 atom stereocenters. The Balaban J connectivity index is 2.04. The summed E-state index contributed by atoms with van der Waals surface area (Å²) in [6, 6.07) is 13.2. The third kappa shape index (κ3) is 8.57. The number of allylic oxidation sites excluding steroid dienone is 2. The average Bonchev–Trinajstić information content (AvgIpc) is 2.93. The van der Waals surface area contributed by atoms with Crippen LogP contribution in [0.3, 0.4) is 0 Å². The van der Waals surface area contributed by atoms with Gasteiger partial charge < -0.3 is 21.1 Å². The van der Waals surface area contributed by atoms with Crippen LogP contribution in [0.4, 0.5) is 8.78 Å². The van der Waals surface area contributed by atoms with Crippen LogP contribution < -0.4 is 11.1 Å². The van der Waals surface area contributed by atoms with Crippen LogP contribution in [-0.2, 0) is 22.4 Å². The first kappa shape index (κ1) is 32.2. The number of primary amides is 1. The number of nitrogens with two attached hydrogens (primary N) is 1. The molecule has 8 heteroatoms. The molecule has 2 aromatic carbocycles. The summed E-state index contributed by atoms with van der Waals surface area (Å²) in [4.78, 5) is 28.7. The molecule has 0 heterocycles. The van der Waals surface area contributed by atoms with Crippen molar-refractivity contribution in [3.05, 3.63) is 94.6 Å². The van der Waals surface area contributed by atoms with Crippen LogP contribution in [0.15, 0.2) is 71.8 Å². The van der Waals surface area contributed by atoms with E-state index in [4.69, 9.17) is 5.73 Å². The lowest BCUT2D eigenvalue weighted by Gasteiger charge is -2.45. The summed E-state index contributed by atoms with van der Waals surface area (Å²) < 4.78 is 28.5. The molecule has 0 radical (unpaired) electrons. The molecule has 0 aromatic heterocycles. The van der Waals surface area contributed by atoms with Gasteiger partial charge in [-0.15, -0.1) is 0 Å². The molecule has 0 fully saturated rings. The Morgan fingerprint density at radius 2 is 1.68 bits per heavy atom. The number of hydrogen-bond donors (Lipinski definition) is 3. The number of benzene rings is 2. The van der Waals surface area contributed by atoms with Crippen molar-refractivity contribution in [2.75, 3.05) is 26.2 Å². The number of nitrogens with zero attached hydrogens (tertiary/aromatic N) is 1. The fraction of sp³-hybridized carbons (Fsp3) is 0.455. The van der Waals surface area contributed by atoms with Gasteiger partial charge in [0.2, 0.25) is 11.8 Å². The Morgan fingerprint density at radius 3 is 2.27 bits per heavy atom. The van der Waals surface area contributed by atoms with E-state index in [9.17, 15) is 23.5 Å². The highest BCUT2D eigenvalue weighted by atomic mass is 19.1. The van der Waals surface area contributed by atoms with Gasteiger partial charge in [-0.2, -0.15) is 0 Å². The van der Waals surface area contributed by atoms with Crippen molar-refractivity contribution in [1.29, 1.82) is 0 Å². The van der Waals surface area contributed by atoms with Crippen LogP contribution in [0.5, 0.6) is 0 Å². The topological polar surface area (TPSA) is 95.7 Å². The Hall–Kier alpha value is -3.36. The van der Waals surface area contributed by atoms with Crippen molar-refractivity contribution < 1.29 is 23.5 Å². The molecule has 0 saturated heterocycles. The molecule has 2 amide bonds. The van der Waals surface area contributed by atoms with Crippen molar-refractivity contribution in [2.45, 2.75) is 59.0 Å². The Morgan fingerprint density at radius 1 is 1.05 bits per heavy atom. The summed E-state index contributed by atoms with van der Waals surface area (Å²) in [5, 5.41) is 15.0.